The molecule has 1 aliphatic rings. The van der Waals surface area contributed by atoms with Gasteiger partial charge in [-0.15, -0.1) is 0 Å². The maximum absolute atomic E-state index is 14.6. The zero-order chi connectivity index (χ0) is 21.7. The highest BCUT2D eigenvalue weighted by Crippen LogP contribution is 2.36. The van der Waals surface area contributed by atoms with E-state index in [9.17, 15) is 13.6 Å². The molecule has 11 heteroatoms. The molecular formula is C19H20ClF2N7O. The van der Waals surface area contributed by atoms with Crippen molar-refractivity contribution in [1.82, 2.24) is 14.9 Å². The van der Waals surface area contributed by atoms with Crippen LogP contribution in [0.15, 0.2) is 35.7 Å². The van der Waals surface area contributed by atoms with Crippen LogP contribution >= 0.6 is 11.6 Å². The van der Waals surface area contributed by atoms with Crippen LogP contribution in [0.5, 0.6) is 0 Å². The molecule has 0 unspecified atom stereocenters. The Hall–Kier alpha value is -3.14. The van der Waals surface area contributed by atoms with Gasteiger partial charge in [0.25, 0.3) is 11.8 Å². The number of benzene rings is 1. The average molecular weight is 436 g/mol. The van der Waals surface area contributed by atoms with Gasteiger partial charge >= 0.3 is 0 Å². The summed E-state index contributed by atoms with van der Waals surface area (Å²) in [5.41, 5.74) is 4.07. The summed E-state index contributed by atoms with van der Waals surface area (Å²) in [7, 11) is 0. The molecule has 3 N–H and O–H groups in total. The summed E-state index contributed by atoms with van der Waals surface area (Å²) >= 11 is 5.74. The minimum absolute atomic E-state index is 0.0865. The SMILES string of the molecule is Cc1ccc(N/N=C\C=N)c(C(=O)N2CCC(F)(F)[C@H]2CNc2ncc(Cl)cn2)c1. The van der Waals surface area contributed by atoms with Crippen LogP contribution in [-0.2, 0) is 0 Å². The molecule has 0 spiro atoms. The van der Waals surface area contributed by atoms with E-state index in [4.69, 9.17) is 17.0 Å². The number of halogens is 3. The summed E-state index contributed by atoms with van der Waals surface area (Å²) in [5, 5.41) is 13.9. The fraction of sp³-hybridized carbons (Fsp3) is 0.316. The van der Waals surface area contributed by atoms with Crippen LogP contribution in [0.2, 0.25) is 5.02 Å². The Morgan fingerprint density at radius 1 is 1.43 bits per heavy atom. The van der Waals surface area contributed by atoms with Crippen LogP contribution in [0.3, 0.4) is 0 Å². The highest BCUT2D eigenvalue weighted by molar-refractivity contribution is 6.30. The van der Waals surface area contributed by atoms with E-state index in [1.165, 1.54) is 18.6 Å². The lowest BCUT2D eigenvalue weighted by molar-refractivity contribution is -0.0248. The van der Waals surface area contributed by atoms with Crippen molar-refractivity contribution in [3.63, 3.8) is 0 Å². The molecule has 1 saturated heterocycles. The fourth-order valence-electron chi connectivity index (χ4n) is 3.15. The second-order valence-electron chi connectivity index (χ2n) is 6.74. The Labute approximate surface area is 176 Å². The predicted molar refractivity (Wildman–Crippen MR) is 112 cm³/mol. The van der Waals surface area contributed by atoms with Crippen LogP contribution in [0.25, 0.3) is 0 Å². The zero-order valence-corrected chi connectivity index (χ0v) is 16.8. The van der Waals surface area contributed by atoms with Crippen molar-refractivity contribution in [3.05, 3.63) is 46.7 Å². The lowest BCUT2D eigenvalue weighted by Gasteiger charge is -2.28. The number of nitrogens with zero attached hydrogens (tertiary/aromatic N) is 4. The molecular weight excluding hydrogens is 416 g/mol. The van der Waals surface area contributed by atoms with Crippen LogP contribution < -0.4 is 10.7 Å². The van der Waals surface area contributed by atoms with Crippen molar-refractivity contribution in [2.24, 2.45) is 5.10 Å². The van der Waals surface area contributed by atoms with E-state index in [1.807, 2.05) is 0 Å². The molecule has 30 heavy (non-hydrogen) atoms. The first-order chi connectivity index (χ1) is 14.3. The number of likely N-dealkylation sites (tertiary alicyclic amines) is 1. The Morgan fingerprint density at radius 3 is 2.87 bits per heavy atom. The van der Waals surface area contributed by atoms with Gasteiger partial charge in [0.05, 0.1) is 34.9 Å². The first kappa shape index (κ1) is 21.6. The van der Waals surface area contributed by atoms with Crippen LogP contribution in [0, 0.1) is 12.3 Å². The molecule has 1 aromatic heterocycles. The number of anilines is 2. The van der Waals surface area contributed by atoms with Gasteiger partial charge in [-0.2, -0.15) is 5.10 Å². The molecule has 1 fully saturated rings. The molecule has 1 aliphatic heterocycles. The van der Waals surface area contributed by atoms with Crippen molar-refractivity contribution in [2.75, 3.05) is 23.8 Å². The Morgan fingerprint density at radius 2 is 2.17 bits per heavy atom. The third-order valence-corrected chi connectivity index (χ3v) is 4.82. The number of carbonyl (C=O) groups excluding carboxylic acids is 1. The Balaban J connectivity index is 1.83. The number of aromatic nitrogens is 2. The van der Waals surface area contributed by atoms with Crippen molar-refractivity contribution in [2.45, 2.75) is 25.3 Å². The number of hydrogen-bond acceptors (Lipinski definition) is 7. The molecule has 1 atom stereocenters. The molecule has 3 rings (SSSR count). The second-order valence-corrected chi connectivity index (χ2v) is 7.17. The highest BCUT2D eigenvalue weighted by Gasteiger charge is 2.50. The lowest BCUT2D eigenvalue weighted by Crippen LogP contribution is -2.47. The van der Waals surface area contributed by atoms with E-state index >= 15 is 0 Å². The number of nitrogens with one attached hydrogen (secondary N) is 3. The number of amides is 1. The van der Waals surface area contributed by atoms with Crippen molar-refractivity contribution < 1.29 is 13.6 Å². The average Bonchev–Trinajstić information content (AvgIpc) is 3.02. The summed E-state index contributed by atoms with van der Waals surface area (Å²) in [5.74, 6) is -3.45. The van der Waals surface area contributed by atoms with Crippen molar-refractivity contribution in [1.29, 1.82) is 5.41 Å². The normalized spacial score (nSPS) is 17.9. The maximum Gasteiger partial charge on any atom is 0.271 e. The topological polar surface area (TPSA) is 106 Å². The van der Waals surface area contributed by atoms with E-state index in [0.717, 1.165) is 16.7 Å². The smallest absolute Gasteiger partial charge is 0.271 e. The minimum Gasteiger partial charge on any atom is -0.352 e. The van der Waals surface area contributed by atoms with Gasteiger partial charge in [0.2, 0.25) is 5.95 Å². The van der Waals surface area contributed by atoms with Gasteiger partial charge in [-0.1, -0.05) is 23.2 Å². The zero-order valence-electron chi connectivity index (χ0n) is 16.1. The Kier molecular flexibility index (Phi) is 6.56. The van der Waals surface area contributed by atoms with Gasteiger partial charge < -0.3 is 15.6 Å². The number of hydrogen-bond donors (Lipinski definition) is 3. The molecule has 1 aromatic carbocycles. The first-order valence-electron chi connectivity index (χ1n) is 9.11. The third kappa shape index (κ3) is 4.88. The minimum atomic E-state index is -3.06. The molecule has 8 nitrogen and oxygen atoms in total. The summed E-state index contributed by atoms with van der Waals surface area (Å²) in [6, 6.07) is 3.66. The number of hydrazone groups is 1. The van der Waals surface area contributed by atoms with Gasteiger partial charge in [-0.05, 0) is 19.1 Å². The summed E-state index contributed by atoms with van der Waals surface area (Å²) in [6.45, 7) is 1.49. The highest BCUT2D eigenvalue weighted by atomic mass is 35.5. The van der Waals surface area contributed by atoms with Crippen molar-refractivity contribution in [3.8, 4) is 0 Å². The van der Waals surface area contributed by atoms with Crippen LogP contribution in [-0.4, -0.2) is 58.3 Å². The van der Waals surface area contributed by atoms with E-state index in [2.05, 4.69) is 25.8 Å². The van der Waals surface area contributed by atoms with E-state index in [1.54, 1.807) is 25.1 Å². The standard InChI is InChI=1S/C19H20ClF2N7O/c1-12-2-3-15(28-27-6-5-23)14(8-12)17(30)29-7-4-19(21,22)16(29)11-26-18-24-9-13(20)10-25-18/h2-3,5-6,8-10,16,23,28H,4,7,11H2,1H3,(H,24,25,26)/b23-5?,27-6-/t16-/m1/s1. The first-order valence-corrected chi connectivity index (χ1v) is 9.48. The summed E-state index contributed by atoms with van der Waals surface area (Å²) in [6.07, 6.45) is 4.45. The molecule has 0 radical (unpaired) electrons. The number of carbonyl (C=O) groups is 1. The molecule has 0 saturated carbocycles. The molecule has 2 heterocycles. The van der Waals surface area contributed by atoms with Gasteiger partial charge in [0.1, 0.15) is 6.04 Å². The second kappa shape index (κ2) is 9.12. The number of aryl methyl sites for hydroxylation is 1. The lowest BCUT2D eigenvalue weighted by atomic mass is 10.1. The molecule has 158 valence electrons. The molecule has 2 aromatic rings. The van der Waals surface area contributed by atoms with E-state index < -0.39 is 24.3 Å². The molecule has 0 aliphatic carbocycles. The van der Waals surface area contributed by atoms with Crippen LogP contribution in [0.1, 0.15) is 22.3 Å². The predicted octanol–water partition coefficient (Wildman–Crippen LogP) is 3.45. The molecule has 1 amide bonds. The number of rotatable bonds is 7. The van der Waals surface area contributed by atoms with Gasteiger partial charge in [-0.3, -0.25) is 10.2 Å². The van der Waals surface area contributed by atoms with E-state index in [0.29, 0.717) is 10.7 Å². The van der Waals surface area contributed by atoms with Crippen molar-refractivity contribution >= 4 is 41.6 Å². The monoisotopic (exact) mass is 435 g/mol. The maximum atomic E-state index is 14.6. The summed E-state index contributed by atoms with van der Waals surface area (Å²) in [4.78, 5) is 22.2. The van der Waals surface area contributed by atoms with E-state index in [-0.39, 0.29) is 24.6 Å². The quantitative estimate of drug-likeness (QED) is 0.456. The Bertz CT molecular complexity index is 952. The number of alkyl halides is 2. The van der Waals surface area contributed by atoms with Gasteiger partial charge in [0, 0.05) is 25.7 Å². The summed E-state index contributed by atoms with van der Waals surface area (Å²) < 4.78 is 29.1. The fourth-order valence-corrected chi connectivity index (χ4v) is 3.24. The third-order valence-electron chi connectivity index (χ3n) is 4.62. The van der Waals surface area contributed by atoms with Crippen LogP contribution in [0.4, 0.5) is 20.4 Å². The molecule has 0 bridgehead atoms. The van der Waals surface area contributed by atoms with Gasteiger partial charge in [-0.25, -0.2) is 18.7 Å². The largest absolute Gasteiger partial charge is 0.352 e. The van der Waals surface area contributed by atoms with Gasteiger partial charge in [0.15, 0.2) is 0 Å².